The molecule has 0 unspecified atom stereocenters. The van der Waals surface area contributed by atoms with Crippen LogP contribution in [0.15, 0.2) is 510 Å². The van der Waals surface area contributed by atoms with E-state index in [2.05, 4.69) is 529 Å². The zero-order chi connectivity index (χ0) is 84.9. The molecule has 20 aromatic carbocycles. The Morgan fingerprint density at radius 2 is 0.461 bits per heavy atom. The van der Waals surface area contributed by atoms with Crippen LogP contribution in [0.3, 0.4) is 0 Å². The van der Waals surface area contributed by atoms with E-state index in [0.29, 0.717) is 0 Å². The molecular weight excluding hydrogens is 1620 g/mol. The number of nitrogens with zero attached hydrogens (tertiary/aromatic N) is 4. The minimum Gasteiger partial charge on any atom is -0.310 e. The second-order valence-electron chi connectivity index (χ2n) is 32.9. The first-order chi connectivity index (χ1) is 63.5. The minimum absolute atomic E-state index is 1.11. The minimum atomic E-state index is -2.63. The van der Waals surface area contributed by atoms with Gasteiger partial charge in [-0.15, -0.1) is 22.7 Å². The predicted octanol–water partition coefficient (Wildman–Crippen LogP) is 27.3. The molecule has 0 atom stereocenters. The average molecular weight is 1700 g/mol. The predicted molar refractivity (Wildman–Crippen MR) is 555 cm³/mol. The van der Waals surface area contributed by atoms with Crippen LogP contribution < -0.4 is 51.3 Å². The summed E-state index contributed by atoms with van der Waals surface area (Å²) in [6.07, 6.45) is 0. The Morgan fingerprint density at radius 3 is 0.875 bits per heavy atom. The first kappa shape index (κ1) is 77.3. The van der Waals surface area contributed by atoms with Gasteiger partial charge in [0.1, 0.15) is 0 Å². The van der Waals surface area contributed by atoms with Crippen LogP contribution in [0, 0.1) is 0 Å². The van der Waals surface area contributed by atoms with Crippen molar-refractivity contribution in [2.75, 3.05) is 9.80 Å². The zero-order valence-corrected chi connectivity index (χ0v) is 73.7. The number of fused-ring (bicyclic) bond motifs is 12. The third kappa shape index (κ3) is 13.3. The Bertz CT molecular complexity index is 7940. The largest absolute Gasteiger partial charge is 0.310 e. The van der Waals surface area contributed by atoms with Gasteiger partial charge in [-0.25, -0.2) is 0 Å². The monoisotopic (exact) mass is 1700 g/mol. The lowest BCUT2D eigenvalue weighted by molar-refractivity contribution is 1.18. The molecule has 128 heavy (non-hydrogen) atoms. The van der Waals surface area contributed by atoms with Crippen LogP contribution in [0.1, 0.15) is 0 Å². The molecule has 0 spiro atoms. The normalized spacial score (nSPS) is 11.8. The number of hydrogen-bond donors (Lipinski definition) is 0. The van der Waals surface area contributed by atoms with Crippen molar-refractivity contribution in [3.63, 3.8) is 0 Å². The molecule has 24 aromatic rings. The van der Waals surface area contributed by atoms with Crippen molar-refractivity contribution in [1.82, 2.24) is 9.13 Å². The molecule has 0 fully saturated rings. The highest BCUT2D eigenvalue weighted by molar-refractivity contribution is 7.26. The van der Waals surface area contributed by atoms with Gasteiger partial charge >= 0.3 is 0 Å². The van der Waals surface area contributed by atoms with Crippen molar-refractivity contribution in [2.24, 2.45) is 0 Å². The Labute approximate surface area is 754 Å². The molecule has 0 aliphatic carbocycles. The molecule has 0 amide bonds. The molecular formula is C120H84N4S2Si2. The summed E-state index contributed by atoms with van der Waals surface area (Å²) in [5.74, 6) is 0. The Hall–Kier alpha value is -15.5. The highest BCUT2D eigenvalue weighted by Crippen LogP contribution is 2.51. The molecule has 0 aliphatic heterocycles. The van der Waals surface area contributed by atoms with Crippen LogP contribution in [-0.2, 0) is 0 Å². The Morgan fingerprint density at radius 1 is 0.180 bits per heavy atom. The molecule has 0 aliphatic rings. The van der Waals surface area contributed by atoms with Gasteiger partial charge in [0.15, 0.2) is 16.1 Å². The van der Waals surface area contributed by atoms with Crippen molar-refractivity contribution < 1.29 is 0 Å². The summed E-state index contributed by atoms with van der Waals surface area (Å²) >= 11 is 3.73. The van der Waals surface area contributed by atoms with E-state index in [4.69, 9.17) is 0 Å². The van der Waals surface area contributed by atoms with Crippen LogP contribution in [0.2, 0.25) is 0 Å². The highest BCUT2D eigenvalue weighted by atomic mass is 32.1. The number of anilines is 6. The first-order valence-corrected chi connectivity index (χ1v) is 49.5. The van der Waals surface area contributed by atoms with Gasteiger partial charge in [0.25, 0.3) is 0 Å². The standard InChI is InChI=1S/2C60H42N2SSi/c1-5-19-45(20-6-1)61-54-30-15-13-28-53(54)59-55(61)31-18-32-56(59)62(57-33-17-29-52-51-27-14-16-34-58(51)63-60(52)57)46-39-35-43(36-40-46)44-37-41-50(42-38-44)64(47-21-7-2-8-22-47,48-23-9-3-10-24-48)49-25-11-4-12-26-49;1-5-18-45(19-6-1)62-55-28-15-13-27-54(55)60-56(29-17-30-57(60)62)61(47-38-41-53-52-26-14-16-31-58(52)63-59(53)42-47)46-36-32-43(33-37-46)44-34-39-51(40-35-44)64(48-20-7-2-8-21-48,49-22-9-3-10-23-49)50-24-11-4-12-25-50/h2*1-42H. The molecule has 4 aromatic heterocycles. The molecule has 24 rings (SSSR count). The number of benzene rings is 20. The van der Waals surface area contributed by atoms with Crippen LogP contribution in [-0.4, -0.2) is 25.3 Å². The number of hydrogen-bond acceptors (Lipinski definition) is 4. The maximum absolute atomic E-state index is 2.63. The number of thiophene rings is 2. The highest BCUT2D eigenvalue weighted by Gasteiger charge is 2.43. The lowest BCUT2D eigenvalue weighted by atomic mass is 10.0. The molecule has 4 heterocycles. The maximum Gasteiger partial charge on any atom is 0.179 e. The van der Waals surface area contributed by atoms with Crippen molar-refractivity contribution in [1.29, 1.82) is 0 Å². The number of aromatic nitrogens is 2. The van der Waals surface area contributed by atoms with E-state index in [1.807, 2.05) is 22.7 Å². The third-order valence-corrected chi connectivity index (χ3v) is 37.8. The quantitative estimate of drug-likeness (QED) is 0.0629. The molecule has 0 N–H and O–H groups in total. The summed E-state index contributed by atoms with van der Waals surface area (Å²) in [5.41, 5.74) is 18.6. The molecule has 0 saturated carbocycles. The second kappa shape index (κ2) is 33.2. The van der Waals surface area contributed by atoms with Gasteiger partial charge in [0.05, 0.1) is 43.8 Å². The first-order valence-electron chi connectivity index (χ1n) is 43.9. The molecule has 0 bridgehead atoms. The summed E-state index contributed by atoms with van der Waals surface area (Å²) in [6.45, 7) is 0. The Balaban J connectivity index is 0.000000146. The summed E-state index contributed by atoms with van der Waals surface area (Å²) in [5, 5.41) is 21.0. The van der Waals surface area contributed by atoms with Crippen molar-refractivity contribution >= 4 is 198 Å². The average Bonchev–Trinajstić information content (AvgIpc) is 1.53. The van der Waals surface area contributed by atoms with E-state index in [1.165, 1.54) is 153 Å². The lowest BCUT2D eigenvalue weighted by Crippen LogP contribution is -2.74. The third-order valence-electron chi connectivity index (χ3n) is 25.9. The van der Waals surface area contributed by atoms with Crippen LogP contribution in [0.25, 0.3) is 118 Å². The smallest absolute Gasteiger partial charge is 0.179 e. The lowest BCUT2D eigenvalue weighted by Gasteiger charge is -2.34. The van der Waals surface area contributed by atoms with Gasteiger partial charge in [0, 0.05) is 85.6 Å². The topological polar surface area (TPSA) is 16.3 Å². The van der Waals surface area contributed by atoms with Gasteiger partial charge in [-0.1, -0.05) is 394 Å². The molecule has 8 heteroatoms. The molecule has 604 valence electrons. The van der Waals surface area contributed by atoms with Crippen molar-refractivity contribution in [3.05, 3.63) is 510 Å². The maximum atomic E-state index is 2.49. The van der Waals surface area contributed by atoms with E-state index >= 15 is 0 Å². The van der Waals surface area contributed by atoms with Gasteiger partial charge in [-0.05, 0) is 179 Å². The number of para-hydroxylation sites is 4. The van der Waals surface area contributed by atoms with Crippen LogP contribution >= 0.6 is 22.7 Å². The fourth-order valence-corrected chi connectivity index (χ4v) is 32.1. The summed E-state index contributed by atoms with van der Waals surface area (Å²) in [4.78, 5) is 4.95. The zero-order valence-electron chi connectivity index (χ0n) is 70.1. The fourth-order valence-electron chi connectivity index (χ4n) is 20.2. The summed E-state index contributed by atoms with van der Waals surface area (Å²) in [7, 11) is -5.25. The van der Waals surface area contributed by atoms with Gasteiger partial charge in [-0.3, -0.25) is 0 Å². The SMILES string of the molecule is c1ccc(-n2c3ccccc3c3c(N(c4ccc(-c5ccc([Si](c6ccccc6)(c6ccccc6)c6ccccc6)cc5)cc4)c4ccc5c(c4)sc4ccccc45)cccc32)cc1.c1ccc(-n2c3ccccc3c3c(N(c4ccc(-c5ccc([Si](c6ccccc6)(c6ccccc6)c6ccccc6)cc5)cc4)c4cccc5c4sc4ccccc45)cccc32)cc1. The van der Waals surface area contributed by atoms with Crippen molar-refractivity contribution in [2.45, 2.75) is 0 Å². The van der Waals surface area contributed by atoms with Crippen LogP contribution in [0.5, 0.6) is 0 Å². The van der Waals surface area contributed by atoms with E-state index in [0.717, 1.165) is 39.8 Å². The molecule has 0 saturated heterocycles. The van der Waals surface area contributed by atoms with E-state index in [1.54, 1.807) is 0 Å². The Kier molecular flexibility index (Phi) is 20.0. The van der Waals surface area contributed by atoms with E-state index in [9.17, 15) is 0 Å². The van der Waals surface area contributed by atoms with Gasteiger partial charge in [-0.2, -0.15) is 0 Å². The van der Waals surface area contributed by atoms with Gasteiger partial charge < -0.3 is 18.9 Å². The summed E-state index contributed by atoms with van der Waals surface area (Å²) in [6, 6.07) is 188. The van der Waals surface area contributed by atoms with E-state index < -0.39 is 16.1 Å². The number of rotatable bonds is 18. The van der Waals surface area contributed by atoms with Crippen LogP contribution in [0.4, 0.5) is 34.1 Å². The fraction of sp³-hybridized carbons (Fsp3) is 0. The van der Waals surface area contributed by atoms with Gasteiger partial charge in [0.2, 0.25) is 0 Å². The van der Waals surface area contributed by atoms with Crippen molar-refractivity contribution in [3.8, 4) is 33.6 Å². The van der Waals surface area contributed by atoms with E-state index in [-0.39, 0.29) is 0 Å². The second-order valence-corrected chi connectivity index (χ2v) is 42.6. The molecule has 0 radical (unpaired) electrons. The summed E-state index contributed by atoms with van der Waals surface area (Å²) < 4.78 is 9.96. The molecule has 4 nitrogen and oxygen atoms in total.